The summed E-state index contributed by atoms with van der Waals surface area (Å²) in [6.07, 6.45) is 3.04. The van der Waals surface area contributed by atoms with E-state index in [4.69, 9.17) is 9.84 Å². The van der Waals surface area contributed by atoms with E-state index in [1.807, 2.05) is 22.9 Å². The van der Waals surface area contributed by atoms with Crippen LogP contribution in [0.3, 0.4) is 0 Å². The molecule has 20 heavy (non-hydrogen) atoms. The molecule has 4 heteroatoms. The Bertz CT molecular complexity index is 586. The number of hydrogen-bond acceptors (Lipinski definition) is 2. The number of carbonyl (C=O) groups is 1. The normalized spacial score (nSPS) is 11.3. The molecule has 0 aliphatic rings. The second-order valence-corrected chi connectivity index (χ2v) is 5.38. The van der Waals surface area contributed by atoms with E-state index >= 15 is 0 Å². The predicted octanol–water partition coefficient (Wildman–Crippen LogP) is 3.40. The molecule has 1 aromatic heterocycles. The average Bonchev–Trinajstić information content (AvgIpc) is 2.80. The van der Waals surface area contributed by atoms with Crippen molar-refractivity contribution in [2.45, 2.75) is 26.8 Å². The van der Waals surface area contributed by atoms with Crippen LogP contribution in [0, 0.1) is 5.92 Å². The van der Waals surface area contributed by atoms with Crippen LogP contribution < -0.4 is 0 Å². The Hall–Kier alpha value is -1.81. The van der Waals surface area contributed by atoms with Gasteiger partial charge in [0.1, 0.15) is 0 Å². The summed E-state index contributed by atoms with van der Waals surface area (Å²) >= 11 is 0. The van der Waals surface area contributed by atoms with Crippen LogP contribution in [-0.2, 0) is 11.3 Å². The van der Waals surface area contributed by atoms with Crippen LogP contribution in [0.2, 0.25) is 0 Å². The zero-order valence-electron chi connectivity index (χ0n) is 12.0. The zero-order chi connectivity index (χ0) is 14.5. The van der Waals surface area contributed by atoms with Crippen molar-refractivity contribution < 1.29 is 14.6 Å². The Kier molecular flexibility index (Phi) is 4.79. The standard InChI is InChI=1S/C16H21NO3/c1-12(2)6-9-20-10-8-17-7-5-13-3-4-14(16(18)19)11-15(13)17/h3-5,7,11-12H,6,8-10H2,1-2H3,(H,18,19). The van der Waals surface area contributed by atoms with E-state index in [0.717, 1.165) is 30.5 Å². The first kappa shape index (κ1) is 14.6. The van der Waals surface area contributed by atoms with Gasteiger partial charge in [-0.3, -0.25) is 0 Å². The highest BCUT2D eigenvalue weighted by molar-refractivity contribution is 5.93. The second-order valence-electron chi connectivity index (χ2n) is 5.38. The highest BCUT2D eigenvalue weighted by atomic mass is 16.5. The molecule has 108 valence electrons. The number of ether oxygens (including phenoxy) is 1. The van der Waals surface area contributed by atoms with Crippen LogP contribution >= 0.6 is 0 Å². The molecule has 1 aromatic carbocycles. The lowest BCUT2D eigenvalue weighted by atomic mass is 10.1. The van der Waals surface area contributed by atoms with Gasteiger partial charge in [0.15, 0.2) is 0 Å². The minimum atomic E-state index is -0.896. The summed E-state index contributed by atoms with van der Waals surface area (Å²) in [5.74, 6) is -0.242. The Morgan fingerprint density at radius 3 is 2.80 bits per heavy atom. The van der Waals surface area contributed by atoms with E-state index in [2.05, 4.69) is 13.8 Å². The number of rotatable bonds is 7. The second kappa shape index (κ2) is 6.57. The quantitative estimate of drug-likeness (QED) is 0.788. The van der Waals surface area contributed by atoms with E-state index in [9.17, 15) is 4.79 Å². The van der Waals surface area contributed by atoms with Crippen molar-refractivity contribution in [1.29, 1.82) is 0 Å². The molecular formula is C16H21NO3. The summed E-state index contributed by atoms with van der Waals surface area (Å²) < 4.78 is 7.65. The first-order valence-corrected chi connectivity index (χ1v) is 6.98. The van der Waals surface area contributed by atoms with Gasteiger partial charge in [-0.15, -0.1) is 0 Å². The van der Waals surface area contributed by atoms with Gasteiger partial charge in [0, 0.05) is 24.9 Å². The van der Waals surface area contributed by atoms with Crippen LogP contribution in [0.5, 0.6) is 0 Å². The van der Waals surface area contributed by atoms with Crippen molar-refractivity contribution in [1.82, 2.24) is 4.57 Å². The zero-order valence-corrected chi connectivity index (χ0v) is 12.0. The van der Waals surface area contributed by atoms with Gasteiger partial charge in [-0.25, -0.2) is 4.79 Å². The number of aromatic carboxylic acids is 1. The molecule has 0 amide bonds. The molecule has 0 fully saturated rings. The molecule has 0 atom stereocenters. The molecule has 0 saturated heterocycles. The van der Waals surface area contributed by atoms with E-state index in [-0.39, 0.29) is 0 Å². The molecule has 1 N–H and O–H groups in total. The van der Waals surface area contributed by atoms with Gasteiger partial charge in [-0.05, 0) is 35.9 Å². The molecule has 0 bridgehead atoms. The summed E-state index contributed by atoms with van der Waals surface area (Å²) in [7, 11) is 0. The molecule has 0 aliphatic heterocycles. The van der Waals surface area contributed by atoms with Gasteiger partial charge in [-0.1, -0.05) is 19.9 Å². The molecule has 2 rings (SSSR count). The molecule has 0 spiro atoms. The Labute approximate surface area is 119 Å². The predicted molar refractivity (Wildman–Crippen MR) is 79.2 cm³/mol. The topological polar surface area (TPSA) is 51.5 Å². The Morgan fingerprint density at radius 1 is 1.30 bits per heavy atom. The Balaban J connectivity index is 1.99. The number of aromatic nitrogens is 1. The molecule has 1 heterocycles. The van der Waals surface area contributed by atoms with Crippen LogP contribution in [0.4, 0.5) is 0 Å². The van der Waals surface area contributed by atoms with Gasteiger partial charge in [0.25, 0.3) is 0 Å². The van der Waals surface area contributed by atoms with E-state index < -0.39 is 5.97 Å². The van der Waals surface area contributed by atoms with Crippen LogP contribution in [0.15, 0.2) is 30.5 Å². The highest BCUT2D eigenvalue weighted by Crippen LogP contribution is 2.17. The maximum atomic E-state index is 11.0. The first-order valence-electron chi connectivity index (χ1n) is 6.98. The number of carboxylic acids is 1. The molecule has 0 radical (unpaired) electrons. The number of fused-ring (bicyclic) bond motifs is 1. The molecule has 2 aromatic rings. The van der Waals surface area contributed by atoms with Crippen molar-refractivity contribution in [3.8, 4) is 0 Å². The maximum Gasteiger partial charge on any atom is 0.335 e. The monoisotopic (exact) mass is 275 g/mol. The number of nitrogens with zero attached hydrogens (tertiary/aromatic N) is 1. The lowest BCUT2D eigenvalue weighted by molar-refractivity contribution is 0.0697. The summed E-state index contributed by atoms with van der Waals surface area (Å²) in [6, 6.07) is 7.18. The van der Waals surface area contributed by atoms with Crippen LogP contribution in [0.25, 0.3) is 10.9 Å². The fourth-order valence-corrected chi connectivity index (χ4v) is 2.10. The minimum Gasteiger partial charge on any atom is -0.478 e. The molecule has 0 unspecified atom stereocenters. The number of hydrogen-bond donors (Lipinski definition) is 1. The summed E-state index contributed by atoms with van der Waals surface area (Å²) in [4.78, 5) is 11.0. The lowest BCUT2D eigenvalue weighted by Gasteiger charge is -2.08. The lowest BCUT2D eigenvalue weighted by Crippen LogP contribution is -2.07. The largest absolute Gasteiger partial charge is 0.478 e. The van der Waals surface area contributed by atoms with Gasteiger partial charge in [0.2, 0.25) is 0 Å². The van der Waals surface area contributed by atoms with Gasteiger partial charge in [-0.2, -0.15) is 0 Å². The molecular weight excluding hydrogens is 254 g/mol. The van der Waals surface area contributed by atoms with Crippen molar-refractivity contribution >= 4 is 16.9 Å². The first-order chi connectivity index (χ1) is 9.58. The Morgan fingerprint density at radius 2 is 2.10 bits per heavy atom. The third-order valence-electron chi connectivity index (χ3n) is 3.34. The summed E-state index contributed by atoms with van der Waals surface area (Å²) in [6.45, 7) is 6.52. The maximum absolute atomic E-state index is 11.0. The fraction of sp³-hybridized carbons (Fsp3) is 0.438. The summed E-state index contributed by atoms with van der Waals surface area (Å²) in [5, 5.41) is 10.1. The van der Waals surface area contributed by atoms with Gasteiger partial charge in [0.05, 0.1) is 12.2 Å². The third kappa shape index (κ3) is 3.61. The van der Waals surface area contributed by atoms with E-state index in [0.29, 0.717) is 18.1 Å². The van der Waals surface area contributed by atoms with E-state index in [1.54, 1.807) is 12.1 Å². The fourth-order valence-electron chi connectivity index (χ4n) is 2.10. The third-order valence-corrected chi connectivity index (χ3v) is 3.34. The van der Waals surface area contributed by atoms with E-state index in [1.165, 1.54) is 0 Å². The van der Waals surface area contributed by atoms with Crippen LogP contribution in [0.1, 0.15) is 30.6 Å². The SMILES string of the molecule is CC(C)CCOCCn1ccc2ccc(C(=O)O)cc21. The summed E-state index contributed by atoms with van der Waals surface area (Å²) in [5.41, 5.74) is 1.26. The number of benzene rings is 1. The van der Waals surface area contributed by atoms with Gasteiger partial charge >= 0.3 is 5.97 Å². The van der Waals surface area contributed by atoms with Crippen molar-refractivity contribution in [2.75, 3.05) is 13.2 Å². The average molecular weight is 275 g/mol. The van der Waals surface area contributed by atoms with Gasteiger partial charge < -0.3 is 14.4 Å². The van der Waals surface area contributed by atoms with Crippen molar-refractivity contribution in [3.05, 3.63) is 36.0 Å². The molecule has 0 saturated carbocycles. The minimum absolute atomic E-state index is 0.318. The van der Waals surface area contributed by atoms with Crippen molar-refractivity contribution in [2.24, 2.45) is 5.92 Å². The smallest absolute Gasteiger partial charge is 0.335 e. The highest BCUT2D eigenvalue weighted by Gasteiger charge is 2.06. The number of carboxylic acid groups (broad SMARTS) is 1. The van der Waals surface area contributed by atoms with Crippen molar-refractivity contribution in [3.63, 3.8) is 0 Å². The van der Waals surface area contributed by atoms with Crippen LogP contribution in [-0.4, -0.2) is 28.9 Å². The molecule has 0 aliphatic carbocycles. The molecule has 4 nitrogen and oxygen atoms in total.